The van der Waals surface area contributed by atoms with E-state index in [1.54, 1.807) is 0 Å². The highest BCUT2D eigenvalue weighted by Crippen LogP contribution is 2.26. The lowest BCUT2D eigenvalue weighted by molar-refractivity contribution is -0.384. The van der Waals surface area contributed by atoms with Gasteiger partial charge in [0, 0.05) is 18.7 Å². The fourth-order valence-electron chi connectivity index (χ4n) is 1.46. The summed E-state index contributed by atoms with van der Waals surface area (Å²) in [4.78, 5) is 38.8. The maximum absolute atomic E-state index is 11.4. The molecule has 1 aromatic carbocycles. The van der Waals surface area contributed by atoms with Crippen LogP contribution in [0.2, 0.25) is 0 Å². The molecule has 22 heavy (non-hydrogen) atoms. The van der Waals surface area contributed by atoms with E-state index in [0.29, 0.717) is 12.0 Å². The van der Waals surface area contributed by atoms with Gasteiger partial charge in [-0.3, -0.25) is 10.1 Å². The molecule has 0 saturated heterocycles. The van der Waals surface area contributed by atoms with Crippen LogP contribution in [0.4, 0.5) is 10.5 Å². The number of nitro benzene ring substituents is 1. The highest BCUT2D eigenvalue weighted by molar-refractivity contribution is 7.64. The van der Waals surface area contributed by atoms with Crippen LogP contribution in [0.1, 0.15) is 18.4 Å². The van der Waals surface area contributed by atoms with Gasteiger partial charge in [0.05, 0.1) is 10.4 Å². The van der Waals surface area contributed by atoms with Gasteiger partial charge in [-0.25, -0.2) is 4.79 Å². The molecule has 0 aliphatic heterocycles. The molecule has 0 radical (unpaired) electrons. The first-order valence-corrected chi connectivity index (χ1v) is 7.54. The Kier molecular flexibility index (Phi) is 7.38. The summed E-state index contributed by atoms with van der Waals surface area (Å²) < 4.78 is 4.91. The number of non-ortho nitro benzene ring substituents is 1. The van der Waals surface area contributed by atoms with Gasteiger partial charge in [-0.15, -0.1) is 0 Å². The van der Waals surface area contributed by atoms with Crippen LogP contribution in [0.25, 0.3) is 0 Å². The number of nitro groups is 1. The Morgan fingerprint density at radius 3 is 2.55 bits per heavy atom. The van der Waals surface area contributed by atoms with Crippen molar-refractivity contribution in [3.63, 3.8) is 0 Å². The van der Waals surface area contributed by atoms with E-state index in [1.807, 2.05) is 0 Å². The zero-order chi connectivity index (χ0) is 16.5. The molecule has 0 aromatic heterocycles. The van der Waals surface area contributed by atoms with Crippen molar-refractivity contribution in [2.24, 2.45) is 0 Å². The quantitative estimate of drug-likeness (QED) is 0.188. The SMILES string of the molecule is N=C(CCCNC(=O)OCc1ccc([N+](=O)[O-])cc1)P(O)O. The first-order valence-electron chi connectivity index (χ1n) is 6.29. The molecular formula is C12H16N3O6P. The molecule has 10 heteroatoms. The number of carbonyl (C=O) groups excluding carboxylic acids is 1. The fraction of sp³-hybridized carbons (Fsp3) is 0.333. The van der Waals surface area contributed by atoms with Gasteiger partial charge in [-0.2, -0.15) is 0 Å². The van der Waals surface area contributed by atoms with Gasteiger partial charge in [0.2, 0.25) is 8.38 Å². The van der Waals surface area contributed by atoms with E-state index < -0.39 is 19.4 Å². The number of nitrogens with one attached hydrogen (secondary N) is 2. The van der Waals surface area contributed by atoms with Crippen LogP contribution >= 0.6 is 8.38 Å². The third-order valence-electron chi connectivity index (χ3n) is 2.62. The van der Waals surface area contributed by atoms with Crippen LogP contribution in [0.15, 0.2) is 24.3 Å². The zero-order valence-electron chi connectivity index (χ0n) is 11.6. The summed E-state index contributed by atoms with van der Waals surface area (Å²) in [5.74, 6) is 0. The van der Waals surface area contributed by atoms with E-state index in [4.69, 9.17) is 19.9 Å². The monoisotopic (exact) mass is 329 g/mol. The lowest BCUT2D eigenvalue weighted by Crippen LogP contribution is -2.25. The van der Waals surface area contributed by atoms with E-state index in [1.165, 1.54) is 24.3 Å². The summed E-state index contributed by atoms with van der Waals surface area (Å²) in [7, 11) is -2.35. The van der Waals surface area contributed by atoms with Gasteiger partial charge in [-0.1, -0.05) is 0 Å². The Balaban J connectivity index is 2.23. The standard InChI is InChI=1S/C12H16N3O6P/c13-11(22(19)20)2-1-7-14-12(16)21-8-9-3-5-10(6-4-9)15(17)18/h3-6,13,19-20H,1-2,7-8H2,(H,14,16). The lowest BCUT2D eigenvalue weighted by Gasteiger charge is -2.08. The van der Waals surface area contributed by atoms with Crippen LogP contribution in [-0.4, -0.2) is 32.8 Å². The summed E-state index contributed by atoms with van der Waals surface area (Å²) >= 11 is 0. The molecule has 1 rings (SSSR count). The summed E-state index contributed by atoms with van der Waals surface area (Å²) in [6.07, 6.45) is -0.0765. The first kappa shape index (κ1) is 18.0. The second-order valence-electron chi connectivity index (χ2n) is 4.27. The summed E-state index contributed by atoms with van der Waals surface area (Å²) in [6, 6.07) is 5.64. The smallest absolute Gasteiger partial charge is 0.407 e. The van der Waals surface area contributed by atoms with Gasteiger partial charge in [0.1, 0.15) is 6.61 Å². The predicted molar refractivity (Wildman–Crippen MR) is 79.6 cm³/mol. The average Bonchev–Trinajstić information content (AvgIpc) is 2.49. The molecule has 120 valence electrons. The van der Waals surface area contributed by atoms with E-state index in [0.717, 1.165) is 0 Å². The molecule has 0 aliphatic carbocycles. The Morgan fingerprint density at radius 1 is 1.36 bits per heavy atom. The van der Waals surface area contributed by atoms with Crippen LogP contribution < -0.4 is 5.32 Å². The first-order chi connectivity index (χ1) is 10.4. The molecule has 0 saturated carbocycles. The van der Waals surface area contributed by atoms with Crippen molar-refractivity contribution in [3.05, 3.63) is 39.9 Å². The fourth-order valence-corrected chi connectivity index (χ4v) is 1.82. The Bertz CT molecular complexity index is 534. The van der Waals surface area contributed by atoms with Crippen LogP contribution in [-0.2, 0) is 11.3 Å². The van der Waals surface area contributed by atoms with E-state index in [9.17, 15) is 14.9 Å². The van der Waals surface area contributed by atoms with Gasteiger partial charge < -0.3 is 25.2 Å². The number of hydrogen-bond donors (Lipinski definition) is 4. The van der Waals surface area contributed by atoms with Crippen molar-refractivity contribution in [1.82, 2.24) is 5.32 Å². The largest absolute Gasteiger partial charge is 0.445 e. The van der Waals surface area contributed by atoms with Crippen molar-refractivity contribution in [2.75, 3.05) is 6.54 Å². The number of benzene rings is 1. The molecule has 1 aromatic rings. The normalized spacial score (nSPS) is 10.3. The minimum absolute atomic E-state index is 0.0156. The Hall–Kier alpha value is -2.09. The molecule has 0 atom stereocenters. The molecule has 0 unspecified atom stereocenters. The van der Waals surface area contributed by atoms with Crippen molar-refractivity contribution < 1.29 is 24.2 Å². The van der Waals surface area contributed by atoms with E-state index >= 15 is 0 Å². The summed E-state index contributed by atoms with van der Waals surface area (Å²) in [6.45, 7) is 0.225. The van der Waals surface area contributed by atoms with Crippen molar-refractivity contribution >= 4 is 25.6 Å². The number of rotatable bonds is 8. The number of amides is 1. The third-order valence-corrected chi connectivity index (χ3v) is 3.32. The number of alkyl carbamates (subject to hydrolysis) is 1. The number of carbonyl (C=O) groups is 1. The van der Waals surface area contributed by atoms with Crippen LogP contribution in [0.5, 0.6) is 0 Å². The van der Waals surface area contributed by atoms with Crippen molar-refractivity contribution in [1.29, 1.82) is 5.41 Å². The highest BCUT2D eigenvalue weighted by Gasteiger charge is 2.08. The molecule has 0 fully saturated rings. The molecule has 0 heterocycles. The van der Waals surface area contributed by atoms with E-state index in [2.05, 4.69) is 5.32 Å². The number of hydrogen-bond acceptors (Lipinski definition) is 7. The topological polar surface area (TPSA) is 146 Å². The zero-order valence-corrected chi connectivity index (χ0v) is 12.5. The molecule has 0 bridgehead atoms. The number of nitrogens with zero attached hydrogens (tertiary/aromatic N) is 1. The Labute approximate surface area is 127 Å². The summed E-state index contributed by atoms with van der Waals surface area (Å²) in [5.41, 5.74) is 0.424. The van der Waals surface area contributed by atoms with Crippen LogP contribution in [0.3, 0.4) is 0 Å². The molecule has 0 aliphatic rings. The predicted octanol–water partition coefficient (Wildman–Crippen LogP) is 1.87. The molecular weight excluding hydrogens is 313 g/mol. The lowest BCUT2D eigenvalue weighted by atomic mass is 10.2. The van der Waals surface area contributed by atoms with Crippen LogP contribution in [0, 0.1) is 15.5 Å². The summed E-state index contributed by atoms with van der Waals surface area (Å²) in [5, 5.41) is 20.1. The second-order valence-corrected chi connectivity index (χ2v) is 5.38. The van der Waals surface area contributed by atoms with Gasteiger partial charge in [0.25, 0.3) is 5.69 Å². The number of ether oxygens (including phenoxy) is 1. The van der Waals surface area contributed by atoms with Crippen molar-refractivity contribution in [3.8, 4) is 0 Å². The van der Waals surface area contributed by atoms with Gasteiger partial charge in [0.15, 0.2) is 0 Å². The maximum atomic E-state index is 11.4. The molecule has 1 amide bonds. The minimum atomic E-state index is -2.35. The van der Waals surface area contributed by atoms with E-state index in [-0.39, 0.29) is 30.7 Å². The molecule has 4 N–H and O–H groups in total. The minimum Gasteiger partial charge on any atom is -0.445 e. The highest BCUT2D eigenvalue weighted by atomic mass is 31.2. The average molecular weight is 329 g/mol. The molecule has 0 spiro atoms. The second kappa shape index (κ2) is 9.04. The van der Waals surface area contributed by atoms with Gasteiger partial charge >= 0.3 is 6.09 Å². The molecule has 9 nitrogen and oxygen atoms in total. The van der Waals surface area contributed by atoms with Crippen molar-refractivity contribution in [2.45, 2.75) is 19.4 Å². The Morgan fingerprint density at radius 2 is 2.00 bits per heavy atom. The van der Waals surface area contributed by atoms with Gasteiger partial charge in [-0.05, 0) is 30.5 Å². The maximum Gasteiger partial charge on any atom is 0.407 e. The third kappa shape index (κ3) is 6.57.